The Balaban J connectivity index is 2.38. The predicted molar refractivity (Wildman–Crippen MR) is 64.4 cm³/mol. The van der Waals surface area contributed by atoms with Gasteiger partial charge in [-0.15, -0.1) is 0 Å². The highest BCUT2D eigenvalue weighted by Gasteiger charge is 2.23. The summed E-state index contributed by atoms with van der Waals surface area (Å²) < 4.78 is 0. The number of aryl methyl sites for hydroxylation is 1. The third kappa shape index (κ3) is 1.92. The van der Waals surface area contributed by atoms with Crippen LogP contribution < -0.4 is 10.7 Å². The molecule has 1 aliphatic heterocycles. The minimum Gasteiger partial charge on any atom is -0.386 e. The largest absolute Gasteiger partial charge is 0.386 e. The van der Waals surface area contributed by atoms with Crippen LogP contribution in [0.3, 0.4) is 0 Å². The highest BCUT2D eigenvalue weighted by atomic mass is 35.5. The fraction of sp³-hybridized carbons (Fsp3) is 0.364. The first-order valence-electron chi connectivity index (χ1n) is 4.96. The molecule has 0 aromatic heterocycles. The van der Waals surface area contributed by atoms with Crippen LogP contribution in [0.4, 0.5) is 5.69 Å². The van der Waals surface area contributed by atoms with Gasteiger partial charge in [-0.25, -0.2) is 0 Å². The zero-order valence-electron chi connectivity index (χ0n) is 8.87. The Morgan fingerprint density at radius 1 is 1.53 bits per heavy atom. The molecule has 2 rings (SSSR count). The molecule has 1 aromatic carbocycles. The van der Waals surface area contributed by atoms with Gasteiger partial charge in [0.2, 0.25) is 0 Å². The van der Waals surface area contributed by atoms with Gasteiger partial charge in [0.15, 0.2) is 0 Å². The molecule has 0 bridgehead atoms. The summed E-state index contributed by atoms with van der Waals surface area (Å²) in [6.45, 7) is 4.10. The average molecular weight is 224 g/mol. The van der Waals surface area contributed by atoms with Crippen LogP contribution in [0.25, 0.3) is 0 Å². The van der Waals surface area contributed by atoms with Crippen molar-refractivity contribution in [1.29, 1.82) is 0 Å². The molecular weight excluding hydrogens is 210 g/mol. The first-order valence-corrected chi connectivity index (χ1v) is 5.34. The lowest BCUT2D eigenvalue weighted by molar-refractivity contribution is 0.723. The van der Waals surface area contributed by atoms with Crippen molar-refractivity contribution in [3.63, 3.8) is 0 Å². The van der Waals surface area contributed by atoms with Gasteiger partial charge in [0.1, 0.15) is 5.84 Å². The molecule has 0 radical (unpaired) electrons. The van der Waals surface area contributed by atoms with Crippen molar-refractivity contribution in [2.24, 2.45) is 10.8 Å². The number of benzene rings is 1. The summed E-state index contributed by atoms with van der Waals surface area (Å²) >= 11 is 6.17. The molecule has 1 unspecified atom stereocenters. The maximum absolute atomic E-state index is 6.17. The Bertz CT molecular complexity index is 414. The number of rotatable bonds is 1. The summed E-state index contributed by atoms with van der Waals surface area (Å²) in [4.78, 5) is 0. The van der Waals surface area contributed by atoms with Crippen molar-refractivity contribution < 1.29 is 0 Å². The topological polar surface area (TPSA) is 41.6 Å². The molecular formula is C11H14ClN3. The fourth-order valence-corrected chi connectivity index (χ4v) is 2.08. The Labute approximate surface area is 94.5 Å². The Morgan fingerprint density at radius 3 is 2.80 bits per heavy atom. The van der Waals surface area contributed by atoms with Gasteiger partial charge in [0, 0.05) is 6.42 Å². The van der Waals surface area contributed by atoms with Crippen LogP contribution in [0.5, 0.6) is 0 Å². The zero-order valence-corrected chi connectivity index (χ0v) is 9.62. The van der Waals surface area contributed by atoms with Crippen molar-refractivity contribution in [3.05, 3.63) is 28.8 Å². The molecule has 4 heteroatoms. The summed E-state index contributed by atoms with van der Waals surface area (Å²) in [6, 6.07) is 6.23. The lowest BCUT2D eigenvalue weighted by atomic mass is 10.2. The molecule has 0 amide bonds. The second-order valence-corrected chi connectivity index (χ2v) is 4.35. The van der Waals surface area contributed by atoms with Gasteiger partial charge in [-0.05, 0) is 31.5 Å². The van der Waals surface area contributed by atoms with E-state index in [2.05, 4.69) is 12.0 Å². The van der Waals surface area contributed by atoms with Crippen molar-refractivity contribution in [1.82, 2.24) is 0 Å². The molecule has 3 nitrogen and oxygen atoms in total. The maximum Gasteiger partial charge on any atom is 0.122 e. The minimum absolute atomic E-state index is 0.283. The van der Waals surface area contributed by atoms with E-state index < -0.39 is 0 Å². The molecule has 0 aliphatic carbocycles. The van der Waals surface area contributed by atoms with Gasteiger partial charge in [0.25, 0.3) is 0 Å². The third-order valence-corrected chi connectivity index (χ3v) is 2.81. The smallest absolute Gasteiger partial charge is 0.122 e. The first kappa shape index (κ1) is 10.3. The number of hydrogen-bond acceptors (Lipinski definition) is 3. The number of anilines is 1. The fourth-order valence-electron chi connectivity index (χ4n) is 1.76. The Hall–Kier alpha value is -1.22. The predicted octanol–water partition coefficient (Wildman–Crippen LogP) is 2.52. The number of nitrogens with two attached hydrogens (primary N) is 1. The van der Waals surface area contributed by atoms with Crippen LogP contribution in [-0.2, 0) is 0 Å². The molecule has 1 aliphatic rings. The van der Waals surface area contributed by atoms with Gasteiger partial charge < -0.3 is 5.73 Å². The molecule has 80 valence electrons. The highest BCUT2D eigenvalue weighted by molar-refractivity contribution is 6.33. The highest BCUT2D eigenvalue weighted by Crippen LogP contribution is 2.31. The molecule has 1 heterocycles. The number of hydrogen-bond donors (Lipinski definition) is 1. The van der Waals surface area contributed by atoms with Crippen molar-refractivity contribution in [2.45, 2.75) is 26.3 Å². The van der Waals surface area contributed by atoms with Gasteiger partial charge in [-0.2, -0.15) is 5.10 Å². The molecule has 0 fully saturated rings. The molecule has 2 N–H and O–H groups in total. The zero-order chi connectivity index (χ0) is 11.0. The van der Waals surface area contributed by atoms with E-state index in [1.807, 2.05) is 30.1 Å². The van der Waals surface area contributed by atoms with Gasteiger partial charge in [-0.3, -0.25) is 5.01 Å². The van der Waals surface area contributed by atoms with Crippen molar-refractivity contribution in [2.75, 3.05) is 5.01 Å². The van der Waals surface area contributed by atoms with E-state index in [1.165, 1.54) is 0 Å². The number of amidine groups is 1. The quantitative estimate of drug-likeness (QED) is 0.795. The van der Waals surface area contributed by atoms with Crippen LogP contribution in [-0.4, -0.2) is 11.9 Å². The first-order chi connectivity index (χ1) is 7.08. The number of hydrazone groups is 1. The molecule has 15 heavy (non-hydrogen) atoms. The lowest BCUT2D eigenvalue weighted by Crippen LogP contribution is -2.23. The average Bonchev–Trinajstić information content (AvgIpc) is 2.45. The Morgan fingerprint density at radius 2 is 2.27 bits per heavy atom. The summed E-state index contributed by atoms with van der Waals surface area (Å²) in [5, 5.41) is 6.88. The van der Waals surface area contributed by atoms with E-state index in [-0.39, 0.29) is 6.04 Å². The minimum atomic E-state index is 0.283. The van der Waals surface area contributed by atoms with Gasteiger partial charge in [-0.1, -0.05) is 17.7 Å². The van der Waals surface area contributed by atoms with E-state index in [4.69, 9.17) is 17.3 Å². The summed E-state index contributed by atoms with van der Waals surface area (Å²) in [5.74, 6) is 0.666. The second-order valence-electron chi connectivity index (χ2n) is 3.94. The van der Waals surface area contributed by atoms with Crippen molar-refractivity contribution >= 4 is 23.1 Å². The summed E-state index contributed by atoms with van der Waals surface area (Å²) in [5.41, 5.74) is 7.77. The normalized spacial score (nSPS) is 20.6. The molecule has 1 atom stereocenters. The number of halogens is 1. The molecule has 0 spiro atoms. The standard InChI is InChI=1S/C11H14ClN3/c1-7-3-4-10(9(12)5-7)15-8(2)6-11(13)14-15/h3-5,8H,6H2,1-2H3,(H2,13,14). The van der Waals surface area contributed by atoms with Crippen LogP contribution in [0, 0.1) is 6.92 Å². The maximum atomic E-state index is 6.17. The van der Waals surface area contributed by atoms with Gasteiger partial charge >= 0.3 is 0 Å². The summed E-state index contributed by atoms with van der Waals surface area (Å²) in [7, 11) is 0. The SMILES string of the molecule is Cc1ccc(N2N=C(N)CC2C)c(Cl)c1. The second kappa shape index (κ2) is 3.74. The summed E-state index contributed by atoms with van der Waals surface area (Å²) in [6.07, 6.45) is 0.796. The Kier molecular flexibility index (Phi) is 2.57. The lowest BCUT2D eigenvalue weighted by Gasteiger charge is -2.21. The molecule has 1 aromatic rings. The van der Waals surface area contributed by atoms with E-state index >= 15 is 0 Å². The third-order valence-electron chi connectivity index (χ3n) is 2.51. The van der Waals surface area contributed by atoms with Crippen LogP contribution >= 0.6 is 11.6 Å². The number of nitrogens with zero attached hydrogens (tertiary/aromatic N) is 2. The van der Waals surface area contributed by atoms with E-state index in [1.54, 1.807) is 0 Å². The monoisotopic (exact) mass is 223 g/mol. The van der Waals surface area contributed by atoms with Crippen LogP contribution in [0.1, 0.15) is 18.9 Å². The van der Waals surface area contributed by atoms with E-state index in [9.17, 15) is 0 Å². The van der Waals surface area contributed by atoms with Crippen LogP contribution in [0.2, 0.25) is 5.02 Å². The van der Waals surface area contributed by atoms with E-state index in [0.717, 1.165) is 22.7 Å². The van der Waals surface area contributed by atoms with Gasteiger partial charge in [0.05, 0.1) is 16.8 Å². The molecule has 0 saturated heterocycles. The van der Waals surface area contributed by atoms with E-state index in [0.29, 0.717) is 5.84 Å². The van der Waals surface area contributed by atoms with Crippen molar-refractivity contribution in [3.8, 4) is 0 Å². The van der Waals surface area contributed by atoms with Crippen LogP contribution in [0.15, 0.2) is 23.3 Å². The molecule has 0 saturated carbocycles.